The number of aromatic nitrogens is 1. The lowest BCUT2D eigenvalue weighted by molar-refractivity contribution is -0.291. The number of fused-ring (bicyclic) bond motifs is 2. The molecule has 33 heavy (non-hydrogen) atoms. The number of ether oxygens (including phenoxy) is 1. The third-order valence-electron chi connectivity index (χ3n) is 6.57. The molecule has 2 aromatic carbocycles. The maximum Gasteiger partial charge on any atom is 0.237 e. The zero-order valence-electron chi connectivity index (χ0n) is 19.0. The summed E-state index contributed by atoms with van der Waals surface area (Å²) >= 11 is 0. The van der Waals surface area contributed by atoms with Crippen LogP contribution in [-0.2, 0) is 21.4 Å². The van der Waals surface area contributed by atoms with Crippen molar-refractivity contribution in [1.82, 2.24) is 4.98 Å². The fourth-order valence-corrected chi connectivity index (χ4v) is 4.98. The van der Waals surface area contributed by atoms with E-state index in [0.717, 1.165) is 38.9 Å². The van der Waals surface area contributed by atoms with Gasteiger partial charge < -0.3 is 14.7 Å². The van der Waals surface area contributed by atoms with Crippen LogP contribution in [-0.4, -0.2) is 24.5 Å². The Morgan fingerprint density at radius 3 is 2.61 bits per heavy atom. The van der Waals surface area contributed by atoms with Gasteiger partial charge >= 0.3 is 0 Å². The third-order valence-corrected chi connectivity index (χ3v) is 6.57. The van der Waals surface area contributed by atoms with Crippen LogP contribution in [0.1, 0.15) is 30.7 Å². The minimum absolute atomic E-state index is 0.0232. The molecule has 5 heteroatoms. The number of nitrogens with zero attached hydrogens (tertiary/aromatic N) is 2. The fourth-order valence-electron chi connectivity index (χ4n) is 4.98. The number of amides is 1. The molecule has 3 aromatic rings. The number of anilines is 1. The van der Waals surface area contributed by atoms with Crippen molar-refractivity contribution in [1.29, 1.82) is 0 Å². The van der Waals surface area contributed by atoms with Crippen LogP contribution < -0.4 is 20.6 Å². The minimum atomic E-state index is -0.775. The lowest BCUT2D eigenvalue weighted by Gasteiger charge is -2.24. The van der Waals surface area contributed by atoms with Crippen molar-refractivity contribution < 1.29 is 14.6 Å². The highest BCUT2D eigenvalue weighted by Crippen LogP contribution is 2.42. The van der Waals surface area contributed by atoms with Gasteiger partial charge in [0.1, 0.15) is 0 Å². The minimum Gasteiger partial charge on any atom is -0.612 e. The maximum absolute atomic E-state index is 13.4. The van der Waals surface area contributed by atoms with Gasteiger partial charge in [-0.1, -0.05) is 73.7 Å². The van der Waals surface area contributed by atoms with E-state index >= 15 is 0 Å². The van der Waals surface area contributed by atoms with Gasteiger partial charge in [0, 0.05) is 29.9 Å². The molecule has 2 aliphatic rings. The van der Waals surface area contributed by atoms with Crippen molar-refractivity contribution in [3.8, 4) is 11.1 Å². The van der Waals surface area contributed by atoms with Crippen LogP contribution in [0, 0.1) is 0 Å². The number of hydrogen-bond donors (Lipinski definition) is 0. The zero-order valence-corrected chi connectivity index (χ0v) is 19.0. The summed E-state index contributed by atoms with van der Waals surface area (Å²) in [4.78, 5) is 20.0. The molecule has 0 N–H and O–H groups in total. The van der Waals surface area contributed by atoms with Crippen LogP contribution in [0.3, 0.4) is 0 Å². The molecule has 1 aliphatic heterocycles. The van der Waals surface area contributed by atoms with Crippen LogP contribution >= 0.6 is 0 Å². The molecule has 0 saturated carbocycles. The van der Waals surface area contributed by atoms with Crippen LogP contribution in [0.25, 0.3) is 29.2 Å². The standard InChI is InChI=1S/C28H26N2O3/c1-4-33-26(31)25-24(18-11-6-5-7-12-18)20-14-10-13-19(20)22(29-25)17-28(2)21-15-8-9-16-23(21)30(3)27(28)32/h5-16,31H,4,17H2,1-3H3/p-1/b26-25-/t28-/m1/s1. The normalized spacial score (nSPS) is 19.2. The first-order valence-corrected chi connectivity index (χ1v) is 11.1. The number of pyridine rings is 1. The molecule has 2 heterocycles. The molecular weight excluding hydrogens is 412 g/mol. The summed E-state index contributed by atoms with van der Waals surface area (Å²) in [6.45, 7) is 4.01. The van der Waals surface area contributed by atoms with Crippen molar-refractivity contribution in [3.05, 3.63) is 88.1 Å². The Balaban J connectivity index is 1.75. The molecule has 1 aromatic heterocycles. The van der Waals surface area contributed by atoms with E-state index in [1.807, 2.05) is 79.7 Å². The van der Waals surface area contributed by atoms with E-state index in [9.17, 15) is 9.90 Å². The average Bonchev–Trinajstić information content (AvgIpc) is 3.39. The van der Waals surface area contributed by atoms with Gasteiger partial charge in [0.2, 0.25) is 5.91 Å². The number of allylic oxidation sites excluding steroid dienone is 1. The largest absolute Gasteiger partial charge is 0.612 e. The van der Waals surface area contributed by atoms with Gasteiger partial charge in [0.05, 0.1) is 22.4 Å². The highest BCUT2D eigenvalue weighted by molar-refractivity contribution is 6.07. The SMILES string of the molecule is CCO/C([O-])=c1\nc(C[C@@]2(C)C(=O)N(C)c3ccccc32)c2c(c1-c1ccccc1)C=CC=2. The summed E-state index contributed by atoms with van der Waals surface area (Å²) in [6.07, 6.45) is 6.37. The molecule has 5 rings (SSSR count). The Morgan fingerprint density at radius 1 is 1.12 bits per heavy atom. The van der Waals surface area contributed by atoms with Crippen molar-refractivity contribution in [2.45, 2.75) is 25.7 Å². The van der Waals surface area contributed by atoms with Gasteiger partial charge in [-0.3, -0.25) is 9.78 Å². The Hall–Kier alpha value is -3.86. The Labute approximate surface area is 193 Å². The quantitative estimate of drug-likeness (QED) is 0.615. The first kappa shape index (κ1) is 21.0. The molecule has 0 spiro atoms. The Bertz CT molecular complexity index is 1410. The van der Waals surface area contributed by atoms with Crippen LogP contribution in [0.15, 0.2) is 60.7 Å². The predicted molar refractivity (Wildman–Crippen MR) is 128 cm³/mol. The van der Waals surface area contributed by atoms with Crippen molar-refractivity contribution in [2.24, 2.45) is 0 Å². The molecule has 166 valence electrons. The van der Waals surface area contributed by atoms with Crippen molar-refractivity contribution in [2.75, 3.05) is 18.6 Å². The molecule has 0 bridgehead atoms. The lowest BCUT2D eigenvalue weighted by Crippen LogP contribution is -2.41. The monoisotopic (exact) mass is 437 g/mol. The first-order chi connectivity index (χ1) is 16.0. The second-order valence-electron chi connectivity index (χ2n) is 8.61. The van der Waals surface area contributed by atoms with E-state index in [1.165, 1.54) is 0 Å². The summed E-state index contributed by atoms with van der Waals surface area (Å²) in [6, 6.07) is 17.6. The Morgan fingerprint density at radius 2 is 1.85 bits per heavy atom. The van der Waals surface area contributed by atoms with Gasteiger partial charge in [-0.25, -0.2) is 0 Å². The van der Waals surface area contributed by atoms with Gasteiger partial charge in [-0.2, -0.15) is 0 Å². The average molecular weight is 438 g/mol. The molecule has 0 saturated heterocycles. The maximum atomic E-state index is 13.4. The fraction of sp³-hybridized carbons (Fsp3) is 0.214. The van der Waals surface area contributed by atoms with Crippen molar-refractivity contribution >= 4 is 29.7 Å². The number of likely N-dealkylation sites (N-methyl/N-ethyl adjacent to an activating group) is 1. The summed E-state index contributed by atoms with van der Waals surface area (Å²) in [7, 11) is 1.81. The number of para-hydroxylation sites is 1. The third kappa shape index (κ3) is 3.23. The second kappa shape index (κ2) is 7.93. The molecule has 1 aliphatic carbocycles. The van der Waals surface area contributed by atoms with E-state index in [2.05, 4.69) is 0 Å². The highest BCUT2D eigenvalue weighted by Gasteiger charge is 2.46. The second-order valence-corrected chi connectivity index (χ2v) is 8.61. The number of carbonyl (C=O) groups is 1. The lowest BCUT2D eigenvalue weighted by atomic mass is 9.79. The number of benzene rings is 2. The molecular formula is C28H25N2O3-. The topological polar surface area (TPSA) is 65.5 Å². The van der Waals surface area contributed by atoms with E-state index in [4.69, 9.17) is 9.72 Å². The highest BCUT2D eigenvalue weighted by atomic mass is 16.6. The van der Waals surface area contributed by atoms with E-state index in [1.54, 1.807) is 18.9 Å². The summed E-state index contributed by atoms with van der Waals surface area (Å²) < 4.78 is 5.38. The first-order valence-electron chi connectivity index (χ1n) is 11.1. The summed E-state index contributed by atoms with van der Waals surface area (Å²) in [5.41, 5.74) is 4.44. The summed E-state index contributed by atoms with van der Waals surface area (Å²) in [5, 5.41) is 14.3. The molecule has 5 nitrogen and oxygen atoms in total. The van der Waals surface area contributed by atoms with E-state index < -0.39 is 11.4 Å². The summed E-state index contributed by atoms with van der Waals surface area (Å²) in [5.74, 6) is -0.434. The predicted octanol–water partition coefficient (Wildman–Crippen LogP) is 2.50. The van der Waals surface area contributed by atoms with Crippen molar-refractivity contribution in [3.63, 3.8) is 0 Å². The molecule has 0 fully saturated rings. The molecule has 1 atom stereocenters. The molecule has 0 unspecified atom stereocenters. The van der Waals surface area contributed by atoms with Crippen LogP contribution in [0.2, 0.25) is 0 Å². The van der Waals surface area contributed by atoms with Gasteiger partial charge in [0.25, 0.3) is 0 Å². The van der Waals surface area contributed by atoms with Gasteiger partial charge in [-0.15, -0.1) is 0 Å². The van der Waals surface area contributed by atoms with Crippen LogP contribution in [0.5, 0.6) is 0 Å². The van der Waals surface area contributed by atoms with Crippen LogP contribution in [0.4, 0.5) is 5.69 Å². The van der Waals surface area contributed by atoms with Gasteiger partial charge in [0.15, 0.2) is 0 Å². The zero-order chi connectivity index (χ0) is 23.2. The smallest absolute Gasteiger partial charge is 0.237 e. The molecule has 1 amide bonds. The molecule has 0 radical (unpaired) electrons. The Kier molecular flexibility index (Phi) is 5.05. The van der Waals surface area contributed by atoms with E-state index in [-0.39, 0.29) is 17.9 Å². The van der Waals surface area contributed by atoms with Gasteiger partial charge in [-0.05, 0) is 36.3 Å². The van der Waals surface area contributed by atoms with E-state index in [0.29, 0.717) is 6.42 Å². The number of rotatable bonds is 5. The number of carbonyl (C=O) groups excluding carboxylic acids is 1. The number of hydrogen-bond acceptors (Lipinski definition) is 4.